The van der Waals surface area contributed by atoms with Crippen molar-refractivity contribution in [2.45, 2.75) is 52.4 Å². The van der Waals surface area contributed by atoms with Crippen molar-refractivity contribution in [3.8, 4) is 5.75 Å². The molecule has 1 aromatic rings. The number of benzene rings is 1. The van der Waals surface area contributed by atoms with E-state index in [9.17, 15) is 0 Å². The fourth-order valence-electron chi connectivity index (χ4n) is 3.59. The van der Waals surface area contributed by atoms with Crippen LogP contribution in [-0.2, 0) is 5.41 Å². The smallest absolute Gasteiger partial charge is 0.125 e. The predicted molar refractivity (Wildman–Crippen MR) is 86.6 cm³/mol. The molecule has 0 saturated carbocycles. The second-order valence-corrected chi connectivity index (χ2v) is 5.75. The summed E-state index contributed by atoms with van der Waals surface area (Å²) in [5.41, 5.74) is 5.42. The average molecular weight is 270 g/mol. The van der Waals surface area contributed by atoms with Crippen molar-refractivity contribution in [1.82, 2.24) is 0 Å². The highest BCUT2D eigenvalue weighted by molar-refractivity contribution is 5.54. The zero-order valence-corrected chi connectivity index (χ0v) is 13.4. The minimum atomic E-state index is 0.0785. The Bertz CT molecular complexity index is 545. The van der Waals surface area contributed by atoms with Crippen molar-refractivity contribution in [2.24, 2.45) is 0 Å². The van der Waals surface area contributed by atoms with Crippen molar-refractivity contribution in [3.05, 3.63) is 52.6 Å². The van der Waals surface area contributed by atoms with Crippen LogP contribution in [0.25, 0.3) is 0 Å². The second kappa shape index (κ2) is 5.87. The van der Waals surface area contributed by atoms with Gasteiger partial charge in [0.15, 0.2) is 0 Å². The molecule has 0 heterocycles. The molecule has 0 unspecified atom stereocenters. The van der Waals surface area contributed by atoms with Gasteiger partial charge in [0.2, 0.25) is 0 Å². The fourth-order valence-corrected chi connectivity index (χ4v) is 3.59. The zero-order valence-electron chi connectivity index (χ0n) is 13.4. The SMILES string of the molecule is CCC(CC)(C1=CCC=C1)c1cc(C)cc(C)c1OC. The quantitative estimate of drug-likeness (QED) is 0.709. The van der Waals surface area contributed by atoms with E-state index in [0.717, 1.165) is 25.0 Å². The zero-order chi connectivity index (χ0) is 14.8. The minimum absolute atomic E-state index is 0.0785. The minimum Gasteiger partial charge on any atom is -0.496 e. The van der Waals surface area contributed by atoms with Crippen LogP contribution in [0.4, 0.5) is 0 Å². The summed E-state index contributed by atoms with van der Waals surface area (Å²) in [5, 5.41) is 0. The van der Waals surface area contributed by atoms with Gasteiger partial charge in [0, 0.05) is 11.0 Å². The van der Waals surface area contributed by atoms with Gasteiger partial charge in [0.1, 0.15) is 5.75 Å². The van der Waals surface area contributed by atoms with Crippen molar-refractivity contribution < 1.29 is 4.74 Å². The van der Waals surface area contributed by atoms with Crippen LogP contribution in [0.15, 0.2) is 35.9 Å². The highest BCUT2D eigenvalue weighted by Crippen LogP contribution is 2.46. The summed E-state index contributed by atoms with van der Waals surface area (Å²) in [4.78, 5) is 0. The first-order valence-electron chi connectivity index (χ1n) is 7.62. The van der Waals surface area contributed by atoms with Crippen LogP contribution < -0.4 is 4.74 Å². The van der Waals surface area contributed by atoms with E-state index in [1.165, 1.54) is 22.3 Å². The second-order valence-electron chi connectivity index (χ2n) is 5.75. The van der Waals surface area contributed by atoms with E-state index in [-0.39, 0.29) is 5.41 Å². The molecule has 0 aromatic heterocycles. The number of allylic oxidation sites excluding steroid dienone is 4. The molecule has 1 aromatic carbocycles. The molecule has 0 radical (unpaired) electrons. The predicted octanol–water partition coefficient (Wildman–Crippen LogP) is 5.26. The van der Waals surface area contributed by atoms with E-state index in [4.69, 9.17) is 4.74 Å². The molecule has 0 spiro atoms. The number of aryl methyl sites for hydroxylation is 2. The van der Waals surface area contributed by atoms with Crippen molar-refractivity contribution >= 4 is 0 Å². The lowest BCUT2D eigenvalue weighted by Gasteiger charge is -2.35. The van der Waals surface area contributed by atoms with Gasteiger partial charge >= 0.3 is 0 Å². The van der Waals surface area contributed by atoms with Crippen molar-refractivity contribution in [3.63, 3.8) is 0 Å². The van der Waals surface area contributed by atoms with Crippen molar-refractivity contribution in [2.75, 3.05) is 7.11 Å². The Hall–Kier alpha value is -1.50. The topological polar surface area (TPSA) is 9.23 Å². The van der Waals surface area contributed by atoms with Gasteiger partial charge in [-0.1, -0.05) is 49.8 Å². The summed E-state index contributed by atoms with van der Waals surface area (Å²) < 4.78 is 5.75. The van der Waals surface area contributed by atoms with Gasteiger partial charge in [0.05, 0.1) is 7.11 Å². The molecule has 2 rings (SSSR count). The lowest BCUT2D eigenvalue weighted by molar-refractivity contribution is 0.382. The van der Waals surface area contributed by atoms with Gasteiger partial charge in [-0.3, -0.25) is 0 Å². The average Bonchev–Trinajstić information content (AvgIpc) is 2.95. The van der Waals surface area contributed by atoms with Gasteiger partial charge < -0.3 is 4.74 Å². The van der Waals surface area contributed by atoms with Crippen LogP contribution in [0.2, 0.25) is 0 Å². The molecule has 1 aliphatic carbocycles. The molecule has 0 aliphatic heterocycles. The van der Waals surface area contributed by atoms with Crippen LogP contribution in [0.1, 0.15) is 49.8 Å². The molecule has 0 amide bonds. The number of rotatable bonds is 5. The molecule has 1 aliphatic rings. The summed E-state index contributed by atoms with van der Waals surface area (Å²) in [6, 6.07) is 4.52. The van der Waals surface area contributed by atoms with E-state index in [0.29, 0.717) is 0 Å². The first kappa shape index (κ1) is 14.9. The van der Waals surface area contributed by atoms with Crippen LogP contribution >= 0.6 is 0 Å². The van der Waals surface area contributed by atoms with Gasteiger partial charge in [-0.25, -0.2) is 0 Å². The number of methoxy groups -OCH3 is 1. The first-order chi connectivity index (χ1) is 9.58. The van der Waals surface area contributed by atoms with Gasteiger partial charge in [-0.05, 0) is 44.2 Å². The lowest BCUT2D eigenvalue weighted by Crippen LogP contribution is -2.27. The summed E-state index contributed by atoms with van der Waals surface area (Å²) in [6.07, 6.45) is 10.2. The summed E-state index contributed by atoms with van der Waals surface area (Å²) in [7, 11) is 1.79. The molecule has 0 bridgehead atoms. The molecule has 0 N–H and O–H groups in total. The van der Waals surface area contributed by atoms with Crippen LogP contribution in [0.5, 0.6) is 5.75 Å². The monoisotopic (exact) mass is 270 g/mol. The Balaban J connectivity index is 2.69. The highest BCUT2D eigenvalue weighted by atomic mass is 16.5. The molecule has 1 heteroatoms. The maximum Gasteiger partial charge on any atom is 0.125 e. The van der Waals surface area contributed by atoms with E-state index in [1.54, 1.807) is 7.11 Å². The third-order valence-electron chi connectivity index (χ3n) is 4.67. The summed E-state index contributed by atoms with van der Waals surface area (Å²) >= 11 is 0. The molecular formula is C19H26O. The Morgan fingerprint density at radius 3 is 2.35 bits per heavy atom. The van der Waals surface area contributed by atoms with Crippen LogP contribution in [0, 0.1) is 13.8 Å². The van der Waals surface area contributed by atoms with E-state index < -0.39 is 0 Å². The Morgan fingerprint density at radius 2 is 1.85 bits per heavy atom. The van der Waals surface area contributed by atoms with Gasteiger partial charge in [0.25, 0.3) is 0 Å². The van der Waals surface area contributed by atoms with Crippen LogP contribution in [-0.4, -0.2) is 7.11 Å². The Kier molecular flexibility index (Phi) is 4.37. The summed E-state index contributed by atoms with van der Waals surface area (Å²) in [6.45, 7) is 8.89. The Morgan fingerprint density at radius 1 is 1.15 bits per heavy atom. The van der Waals surface area contributed by atoms with Crippen molar-refractivity contribution in [1.29, 1.82) is 0 Å². The standard InChI is InChI=1S/C19H26O/c1-6-19(7-2,16-10-8-9-11-16)17-13-14(3)12-15(4)18(17)20-5/h8,10-13H,6-7,9H2,1-5H3. The number of hydrogen-bond donors (Lipinski definition) is 0. The van der Waals surface area contributed by atoms with Crippen LogP contribution in [0.3, 0.4) is 0 Å². The number of hydrogen-bond acceptors (Lipinski definition) is 1. The highest BCUT2D eigenvalue weighted by Gasteiger charge is 2.35. The fraction of sp³-hybridized carbons (Fsp3) is 0.474. The maximum atomic E-state index is 5.75. The maximum absolute atomic E-state index is 5.75. The molecule has 0 saturated heterocycles. The number of ether oxygens (including phenoxy) is 1. The molecular weight excluding hydrogens is 244 g/mol. The third kappa shape index (κ3) is 2.30. The van der Waals surface area contributed by atoms with E-state index in [1.807, 2.05) is 0 Å². The van der Waals surface area contributed by atoms with E-state index in [2.05, 4.69) is 58.1 Å². The first-order valence-corrected chi connectivity index (χ1v) is 7.62. The van der Waals surface area contributed by atoms with Gasteiger partial charge in [-0.15, -0.1) is 0 Å². The molecule has 20 heavy (non-hydrogen) atoms. The molecule has 1 nitrogen and oxygen atoms in total. The van der Waals surface area contributed by atoms with E-state index >= 15 is 0 Å². The third-order valence-corrected chi connectivity index (χ3v) is 4.67. The lowest BCUT2D eigenvalue weighted by atomic mass is 9.69. The van der Waals surface area contributed by atoms with Gasteiger partial charge in [-0.2, -0.15) is 0 Å². The normalized spacial score (nSPS) is 14.6. The molecule has 0 fully saturated rings. The summed E-state index contributed by atoms with van der Waals surface area (Å²) in [5.74, 6) is 1.06. The molecule has 108 valence electrons. The molecule has 0 atom stereocenters. The largest absolute Gasteiger partial charge is 0.496 e. The Labute approximate surface area is 123 Å².